The number of hydrogen-bond donors (Lipinski definition) is 1. The van der Waals surface area contributed by atoms with Crippen molar-refractivity contribution in [3.05, 3.63) is 47.9 Å². The van der Waals surface area contributed by atoms with E-state index in [0.717, 1.165) is 28.8 Å². The van der Waals surface area contributed by atoms with Gasteiger partial charge in [0.25, 0.3) is 0 Å². The number of nitrogens with one attached hydrogen (secondary N) is 1. The standard InChI is InChI=1S/C17H23N3O3/c1-18-17(19-11-15-6-5-9-23-15)20(2)12-13-7-8-14(21-3)10-16(13)22-4/h5-10H,11-12H2,1-4H3,(H,18,19). The Bertz CT molecular complexity index is 639. The number of methoxy groups -OCH3 is 2. The molecule has 0 aliphatic heterocycles. The molecule has 124 valence electrons. The third-order valence-electron chi connectivity index (χ3n) is 3.48. The average molecular weight is 317 g/mol. The summed E-state index contributed by atoms with van der Waals surface area (Å²) in [6.45, 7) is 1.24. The Morgan fingerprint density at radius 3 is 2.70 bits per heavy atom. The number of nitrogens with zero attached hydrogens (tertiary/aromatic N) is 2. The number of rotatable bonds is 6. The van der Waals surface area contributed by atoms with Gasteiger partial charge in [-0.25, -0.2) is 0 Å². The first kappa shape index (κ1) is 16.7. The molecule has 0 bridgehead atoms. The maximum absolute atomic E-state index is 5.44. The summed E-state index contributed by atoms with van der Waals surface area (Å²) in [7, 11) is 7.02. The summed E-state index contributed by atoms with van der Waals surface area (Å²) in [5.41, 5.74) is 1.05. The van der Waals surface area contributed by atoms with Gasteiger partial charge >= 0.3 is 0 Å². The molecule has 0 aliphatic rings. The van der Waals surface area contributed by atoms with E-state index in [2.05, 4.69) is 10.3 Å². The van der Waals surface area contributed by atoms with Crippen LogP contribution in [0.15, 0.2) is 46.0 Å². The lowest BCUT2D eigenvalue weighted by Gasteiger charge is -2.23. The molecule has 0 unspecified atom stereocenters. The molecule has 1 aromatic heterocycles. The Labute approximate surface area is 136 Å². The van der Waals surface area contributed by atoms with Crippen molar-refractivity contribution in [3.8, 4) is 11.5 Å². The van der Waals surface area contributed by atoms with Crippen LogP contribution >= 0.6 is 0 Å². The number of hydrogen-bond acceptors (Lipinski definition) is 4. The van der Waals surface area contributed by atoms with Gasteiger partial charge in [0.2, 0.25) is 0 Å². The minimum atomic E-state index is 0.587. The highest BCUT2D eigenvalue weighted by Gasteiger charge is 2.11. The van der Waals surface area contributed by atoms with Gasteiger partial charge in [-0.1, -0.05) is 0 Å². The predicted molar refractivity (Wildman–Crippen MR) is 89.9 cm³/mol. The lowest BCUT2D eigenvalue weighted by Crippen LogP contribution is -2.38. The molecule has 0 amide bonds. The van der Waals surface area contributed by atoms with Crippen LogP contribution in [0.4, 0.5) is 0 Å². The molecule has 0 spiro atoms. The average Bonchev–Trinajstić information content (AvgIpc) is 3.09. The Morgan fingerprint density at radius 2 is 2.09 bits per heavy atom. The van der Waals surface area contributed by atoms with E-state index in [4.69, 9.17) is 13.9 Å². The van der Waals surface area contributed by atoms with Gasteiger partial charge in [0.15, 0.2) is 5.96 Å². The first-order valence-corrected chi connectivity index (χ1v) is 7.33. The molecule has 0 radical (unpaired) electrons. The molecule has 0 saturated carbocycles. The first-order chi connectivity index (χ1) is 11.2. The van der Waals surface area contributed by atoms with Crippen molar-refractivity contribution in [2.24, 2.45) is 4.99 Å². The van der Waals surface area contributed by atoms with E-state index < -0.39 is 0 Å². The van der Waals surface area contributed by atoms with Gasteiger partial charge in [-0.2, -0.15) is 0 Å². The van der Waals surface area contributed by atoms with E-state index in [1.807, 2.05) is 42.3 Å². The summed E-state index contributed by atoms with van der Waals surface area (Å²) in [4.78, 5) is 6.32. The lowest BCUT2D eigenvalue weighted by atomic mass is 10.2. The van der Waals surface area contributed by atoms with Gasteiger partial charge in [-0.05, 0) is 24.3 Å². The van der Waals surface area contributed by atoms with Crippen molar-refractivity contribution in [1.82, 2.24) is 10.2 Å². The summed E-state index contributed by atoms with van der Waals surface area (Å²) in [5, 5.41) is 3.27. The van der Waals surface area contributed by atoms with Crippen molar-refractivity contribution in [2.75, 3.05) is 28.3 Å². The van der Waals surface area contributed by atoms with Crippen LogP contribution in [0.2, 0.25) is 0 Å². The Kier molecular flexibility index (Phi) is 5.91. The number of furan rings is 1. The second-order valence-electron chi connectivity index (χ2n) is 5.01. The lowest BCUT2D eigenvalue weighted by molar-refractivity contribution is 0.382. The molecule has 2 aromatic rings. The van der Waals surface area contributed by atoms with Crippen LogP contribution in [0.5, 0.6) is 11.5 Å². The van der Waals surface area contributed by atoms with Crippen molar-refractivity contribution in [3.63, 3.8) is 0 Å². The third kappa shape index (κ3) is 4.42. The fourth-order valence-electron chi connectivity index (χ4n) is 2.28. The molecule has 6 nitrogen and oxygen atoms in total. The van der Waals surface area contributed by atoms with Crippen LogP contribution < -0.4 is 14.8 Å². The van der Waals surface area contributed by atoms with Crippen LogP contribution in [0, 0.1) is 0 Å². The Hall–Kier alpha value is -2.63. The Balaban J connectivity index is 2.02. The quantitative estimate of drug-likeness (QED) is 0.655. The second-order valence-corrected chi connectivity index (χ2v) is 5.01. The molecule has 23 heavy (non-hydrogen) atoms. The van der Waals surface area contributed by atoms with E-state index >= 15 is 0 Å². The maximum atomic E-state index is 5.44. The van der Waals surface area contributed by atoms with Gasteiger partial charge < -0.3 is 24.1 Å². The molecule has 2 rings (SSSR count). The van der Waals surface area contributed by atoms with Crippen molar-refractivity contribution in [2.45, 2.75) is 13.1 Å². The van der Waals surface area contributed by atoms with Gasteiger partial charge in [0.1, 0.15) is 17.3 Å². The topological polar surface area (TPSA) is 59.2 Å². The zero-order chi connectivity index (χ0) is 16.7. The summed E-state index contributed by atoms with van der Waals surface area (Å²) < 4.78 is 16.0. The largest absolute Gasteiger partial charge is 0.497 e. The van der Waals surface area contributed by atoms with Crippen LogP contribution in [-0.4, -0.2) is 39.2 Å². The number of ether oxygens (including phenoxy) is 2. The highest BCUT2D eigenvalue weighted by Crippen LogP contribution is 2.25. The van der Waals surface area contributed by atoms with Crippen LogP contribution in [0.3, 0.4) is 0 Å². The molecule has 0 fully saturated rings. The predicted octanol–water partition coefficient (Wildman–Crippen LogP) is 2.50. The van der Waals surface area contributed by atoms with Gasteiger partial charge in [-0.3, -0.25) is 4.99 Å². The smallest absolute Gasteiger partial charge is 0.194 e. The van der Waals surface area contributed by atoms with Gasteiger partial charge in [0.05, 0.1) is 27.0 Å². The second kappa shape index (κ2) is 8.12. The Morgan fingerprint density at radius 1 is 1.26 bits per heavy atom. The third-order valence-corrected chi connectivity index (χ3v) is 3.48. The summed E-state index contributed by atoms with van der Waals surface area (Å²) in [5.74, 6) is 3.20. The molecule has 0 saturated heterocycles. The van der Waals surface area contributed by atoms with E-state index in [-0.39, 0.29) is 0 Å². The molecule has 0 atom stereocenters. The van der Waals surface area contributed by atoms with Crippen LogP contribution in [-0.2, 0) is 13.1 Å². The van der Waals surface area contributed by atoms with Crippen molar-refractivity contribution in [1.29, 1.82) is 0 Å². The minimum absolute atomic E-state index is 0.587. The molecular weight excluding hydrogens is 294 g/mol. The highest BCUT2D eigenvalue weighted by atomic mass is 16.5. The zero-order valence-electron chi connectivity index (χ0n) is 14.0. The first-order valence-electron chi connectivity index (χ1n) is 7.33. The highest BCUT2D eigenvalue weighted by molar-refractivity contribution is 5.79. The molecule has 1 heterocycles. The number of benzene rings is 1. The maximum Gasteiger partial charge on any atom is 0.194 e. The summed E-state index contributed by atoms with van der Waals surface area (Å²) in [6.07, 6.45) is 1.66. The molecular formula is C17H23N3O3. The normalized spacial score (nSPS) is 11.2. The number of aliphatic imine (C=N–C) groups is 1. The van der Waals surface area contributed by atoms with E-state index in [0.29, 0.717) is 13.1 Å². The van der Waals surface area contributed by atoms with E-state index in [9.17, 15) is 0 Å². The summed E-state index contributed by atoms with van der Waals surface area (Å²) in [6, 6.07) is 9.58. The zero-order valence-corrected chi connectivity index (χ0v) is 14.0. The van der Waals surface area contributed by atoms with Crippen LogP contribution in [0.25, 0.3) is 0 Å². The van der Waals surface area contributed by atoms with E-state index in [1.165, 1.54) is 0 Å². The molecule has 1 N–H and O–H groups in total. The monoisotopic (exact) mass is 317 g/mol. The van der Waals surface area contributed by atoms with Crippen molar-refractivity contribution < 1.29 is 13.9 Å². The fourth-order valence-corrected chi connectivity index (χ4v) is 2.28. The summed E-state index contributed by atoms with van der Waals surface area (Å²) >= 11 is 0. The number of guanidine groups is 1. The fraction of sp³-hybridized carbons (Fsp3) is 0.353. The van der Waals surface area contributed by atoms with E-state index in [1.54, 1.807) is 27.5 Å². The minimum Gasteiger partial charge on any atom is -0.497 e. The van der Waals surface area contributed by atoms with Gasteiger partial charge in [-0.15, -0.1) is 0 Å². The van der Waals surface area contributed by atoms with Crippen LogP contribution in [0.1, 0.15) is 11.3 Å². The molecule has 6 heteroatoms. The van der Waals surface area contributed by atoms with Gasteiger partial charge in [0, 0.05) is 32.3 Å². The molecule has 0 aliphatic carbocycles. The SMILES string of the molecule is CN=C(NCc1ccco1)N(C)Cc1ccc(OC)cc1OC. The van der Waals surface area contributed by atoms with Crippen molar-refractivity contribution >= 4 is 5.96 Å². The molecule has 1 aromatic carbocycles.